The van der Waals surface area contributed by atoms with Gasteiger partial charge in [-0.25, -0.2) is 0 Å². The Morgan fingerprint density at radius 3 is 2.57 bits per heavy atom. The molecule has 1 fully saturated rings. The van der Waals surface area contributed by atoms with Gasteiger partial charge in [0.05, 0.1) is 5.54 Å². The lowest BCUT2D eigenvalue weighted by atomic mass is 9.98. The summed E-state index contributed by atoms with van der Waals surface area (Å²) in [4.78, 5) is 12.1. The second kappa shape index (κ2) is 7.88. The first-order valence-electron chi connectivity index (χ1n) is 7.14. The first-order valence-corrected chi connectivity index (χ1v) is 7.14. The van der Waals surface area contributed by atoms with E-state index in [4.69, 9.17) is 5.73 Å². The van der Waals surface area contributed by atoms with E-state index >= 15 is 0 Å². The van der Waals surface area contributed by atoms with Crippen molar-refractivity contribution in [3.05, 3.63) is 29.8 Å². The lowest BCUT2D eigenvalue weighted by Gasteiger charge is -2.22. The molecule has 1 aliphatic carbocycles. The molecule has 130 valence electrons. The topological polar surface area (TPSA) is 64.4 Å². The number of halogens is 4. The first kappa shape index (κ1) is 19.6. The number of ether oxygens (including phenoxy) is 1. The Labute approximate surface area is 139 Å². The highest BCUT2D eigenvalue weighted by molar-refractivity contribution is 5.86. The number of carbonyl (C=O) groups is 1. The summed E-state index contributed by atoms with van der Waals surface area (Å²) >= 11 is 0. The van der Waals surface area contributed by atoms with Crippen molar-refractivity contribution in [1.29, 1.82) is 0 Å². The predicted molar refractivity (Wildman–Crippen MR) is 82.5 cm³/mol. The standard InChI is InChI=1S/C15H19F3N2O2.ClH/c16-15(17,18)10-22-12-5-3-4-11(8-12)9-20-13(21)14(19)6-1-2-7-14;/h3-5,8H,1-2,6-7,9-10,19H2,(H,20,21);1H. The van der Waals surface area contributed by atoms with Gasteiger partial charge in [0.15, 0.2) is 6.61 Å². The van der Waals surface area contributed by atoms with Crippen LogP contribution in [0.25, 0.3) is 0 Å². The third-order valence-corrected chi connectivity index (χ3v) is 3.70. The number of rotatable bonds is 5. The maximum Gasteiger partial charge on any atom is 0.422 e. The number of hydrogen-bond donors (Lipinski definition) is 2. The van der Waals surface area contributed by atoms with Crippen LogP contribution in [-0.4, -0.2) is 24.2 Å². The molecule has 1 aromatic carbocycles. The number of alkyl halides is 3. The molecule has 0 aromatic heterocycles. The molecule has 0 bridgehead atoms. The zero-order chi connectivity index (χ0) is 16.2. The van der Waals surface area contributed by atoms with Crippen molar-refractivity contribution >= 4 is 18.3 Å². The van der Waals surface area contributed by atoms with Crippen LogP contribution in [0.2, 0.25) is 0 Å². The van der Waals surface area contributed by atoms with E-state index in [1.165, 1.54) is 12.1 Å². The van der Waals surface area contributed by atoms with Gasteiger partial charge in [0.25, 0.3) is 0 Å². The van der Waals surface area contributed by atoms with Crippen molar-refractivity contribution in [2.75, 3.05) is 6.61 Å². The molecule has 3 N–H and O–H groups in total. The second-order valence-electron chi connectivity index (χ2n) is 5.60. The lowest BCUT2D eigenvalue weighted by Crippen LogP contribution is -2.51. The van der Waals surface area contributed by atoms with Crippen molar-refractivity contribution in [3.63, 3.8) is 0 Å². The van der Waals surface area contributed by atoms with Crippen LogP contribution in [0.1, 0.15) is 31.2 Å². The van der Waals surface area contributed by atoms with Gasteiger partial charge in [0, 0.05) is 6.54 Å². The van der Waals surface area contributed by atoms with Crippen LogP contribution in [-0.2, 0) is 11.3 Å². The van der Waals surface area contributed by atoms with Crippen molar-refractivity contribution < 1.29 is 22.7 Å². The van der Waals surface area contributed by atoms with Crippen LogP contribution >= 0.6 is 12.4 Å². The molecule has 0 unspecified atom stereocenters. The lowest BCUT2D eigenvalue weighted by molar-refractivity contribution is -0.153. The summed E-state index contributed by atoms with van der Waals surface area (Å²) in [5.74, 6) is -0.0981. The van der Waals surface area contributed by atoms with Gasteiger partial charge in [0.1, 0.15) is 5.75 Å². The number of carbonyl (C=O) groups excluding carboxylic acids is 1. The quantitative estimate of drug-likeness (QED) is 0.856. The first-order chi connectivity index (χ1) is 10.3. The van der Waals surface area contributed by atoms with Gasteiger partial charge in [-0.1, -0.05) is 25.0 Å². The highest BCUT2D eigenvalue weighted by Gasteiger charge is 2.36. The molecule has 0 heterocycles. The Balaban J connectivity index is 0.00000264. The Kier molecular flexibility index (Phi) is 6.70. The number of hydrogen-bond acceptors (Lipinski definition) is 3. The number of nitrogens with one attached hydrogen (secondary N) is 1. The molecule has 0 aliphatic heterocycles. The molecule has 0 spiro atoms. The van der Waals surface area contributed by atoms with E-state index in [0.717, 1.165) is 12.8 Å². The zero-order valence-corrected chi connectivity index (χ0v) is 13.3. The SMILES string of the molecule is Cl.NC1(C(=O)NCc2cccc(OCC(F)(F)F)c2)CCCC1. The van der Waals surface area contributed by atoms with Crippen LogP contribution in [0.3, 0.4) is 0 Å². The normalized spacial score (nSPS) is 16.5. The summed E-state index contributed by atoms with van der Waals surface area (Å²) in [5, 5.41) is 2.74. The molecule has 23 heavy (non-hydrogen) atoms. The minimum atomic E-state index is -4.38. The summed E-state index contributed by atoms with van der Waals surface area (Å²) in [7, 11) is 0. The molecule has 1 aromatic rings. The summed E-state index contributed by atoms with van der Waals surface area (Å²) < 4.78 is 41.0. The number of amides is 1. The average Bonchev–Trinajstić information content (AvgIpc) is 2.90. The van der Waals surface area contributed by atoms with E-state index in [-0.39, 0.29) is 30.6 Å². The monoisotopic (exact) mass is 352 g/mol. The maximum atomic E-state index is 12.1. The van der Waals surface area contributed by atoms with Gasteiger partial charge < -0.3 is 15.8 Å². The van der Waals surface area contributed by atoms with E-state index in [1.54, 1.807) is 12.1 Å². The van der Waals surface area contributed by atoms with E-state index in [1.807, 2.05) is 0 Å². The van der Waals surface area contributed by atoms with Gasteiger partial charge in [0.2, 0.25) is 5.91 Å². The molecule has 1 aliphatic rings. The van der Waals surface area contributed by atoms with Crippen molar-refractivity contribution in [3.8, 4) is 5.75 Å². The molecule has 0 saturated heterocycles. The average molecular weight is 353 g/mol. The van der Waals surface area contributed by atoms with Crippen LogP contribution in [0.5, 0.6) is 5.75 Å². The molecule has 8 heteroatoms. The molecule has 0 atom stereocenters. The maximum absolute atomic E-state index is 12.1. The summed E-state index contributed by atoms with van der Waals surface area (Å²) in [6.07, 6.45) is -1.19. The van der Waals surface area contributed by atoms with E-state index in [2.05, 4.69) is 10.1 Å². The fourth-order valence-corrected chi connectivity index (χ4v) is 2.50. The van der Waals surface area contributed by atoms with Crippen molar-refractivity contribution in [2.45, 2.75) is 43.9 Å². The molecule has 2 rings (SSSR count). The fraction of sp³-hybridized carbons (Fsp3) is 0.533. The summed E-state index contributed by atoms with van der Waals surface area (Å²) in [6.45, 7) is -1.13. The Bertz CT molecular complexity index is 532. The minimum Gasteiger partial charge on any atom is -0.484 e. The minimum absolute atomic E-state index is 0. The van der Waals surface area contributed by atoms with Crippen molar-refractivity contribution in [2.24, 2.45) is 5.73 Å². The number of benzene rings is 1. The Morgan fingerprint density at radius 2 is 1.96 bits per heavy atom. The van der Waals surface area contributed by atoms with Crippen LogP contribution < -0.4 is 15.8 Å². The predicted octanol–water partition coefficient (Wildman–Crippen LogP) is 2.94. The van der Waals surface area contributed by atoms with Gasteiger partial charge in [-0.15, -0.1) is 12.4 Å². The molecular weight excluding hydrogens is 333 g/mol. The smallest absolute Gasteiger partial charge is 0.422 e. The second-order valence-corrected chi connectivity index (χ2v) is 5.60. The van der Waals surface area contributed by atoms with Crippen LogP contribution in [0.15, 0.2) is 24.3 Å². The third kappa shape index (κ3) is 5.91. The summed E-state index contributed by atoms with van der Waals surface area (Å²) in [5.41, 5.74) is 5.88. The van der Waals surface area contributed by atoms with Gasteiger partial charge in [-0.2, -0.15) is 13.2 Å². The third-order valence-electron chi connectivity index (χ3n) is 3.70. The largest absolute Gasteiger partial charge is 0.484 e. The summed E-state index contributed by atoms with van der Waals surface area (Å²) in [6, 6.07) is 6.21. The molecule has 4 nitrogen and oxygen atoms in total. The molecule has 1 amide bonds. The van der Waals surface area contributed by atoms with E-state index in [0.29, 0.717) is 18.4 Å². The zero-order valence-electron chi connectivity index (χ0n) is 12.5. The van der Waals surface area contributed by atoms with Crippen molar-refractivity contribution in [1.82, 2.24) is 5.32 Å². The van der Waals surface area contributed by atoms with E-state index < -0.39 is 18.3 Å². The van der Waals surface area contributed by atoms with E-state index in [9.17, 15) is 18.0 Å². The highest BCUT2D eigenvalue weighted by atomic mass is 35.5. The molecule has 1 saturated carbocycles. The van der Waals surface area contributed by atoms with Crippen LogP contribution in [0, 0.1) is 0 Å². The van der Waals surface area contributed by atoms with Gasteiger partial charge >= 0.3 is 6.18 Å². The number of nitrogens with two attached hydrogens (primary N) is 1. The van der Waals surface area contributed by atoms with Gasteiger partial charge in [-0.05, 0) is 30.5 Å². The highest BCUT2D eigenvalue weighted by Crippen LogP contribution is 2.27. The molecular formula is C15H20ClF3N2O2. The fourth-order valence-electron chi connectivity index (χ4n) is 2.50. The molecule has 0 radical (unpaired) electrons. The Morgan fingerprint density at radius 1 is 1.30 bits per heavy atom. The van der Waals surface area contributed by atoms with Crippen LogP contribution in [0.4, 0.5) is 13.2 Å². The van der Waals surface area contributed by atoms with Gasteiger partial charge in [-0.3, -0.25) is 4.79 Å². The Hall–Kier alpha value is -1.47.